The predicted octanol–water partition coefficient (Wildman–Crippen LogP) is 1.76. The maximum atomic E-state index is 12.2. The lowest BCUT2D eigenvalue weighted by atomic mass is 9.89. The summed E-state index contributed by atoms with van der Waals surface area (Å²) in [4.78, 5) is 24.1. The number of amides is 1. The van der Waals surface area contributed by atoms with Gasteiger partial charge in [-0.1, -0.05) is 32.0 Å². The van der Waals surface area contributed by atoms with Gasteiger partial charge in [-0.2, -0.15) is 9.78 Å². The molecule has 0 fully saturated rings. The van der Waals surface area contributed by atoms with Crippen LogP contribution in [-0.2, 0) is 0 Å². The van der Waals surface area contributed by atoms with E-state index in [1.54, 1.807) is 24.3 Å². The van der Waals surface area contributed by atoms with Gasteiger partial charge in [0.15, 0.2) is 0 Å². The van der Waals surface area contributed by atoms with Gasteiger partial charge in [-0.3, -0.25) is 9.59 Å². The van der Waals surface area contributed by atoms with Crippen LogP contribution in [0.15, 0.2) is 47.3 Å². The smallest absolute Gasteiger partial charge is 0.271 e. The summed E-state index contributed by atoms with van der Waals surface area (Å²) in [6, 6.07) is 11.7. The van der Waals surface area contributed by atoms with Crippen LogP contribution >= 0.6 is 0 Å². The first-order valence-electron chi connectivity index (χ1n) is 7.98. The van der Waals surface area contributed by atoms with E-state index in [9.17, 15) is 14.7 Å². The molecule has 0 bridgehead atoms. The van der Waals surface area contributed by atoms with Crippen molar-refractivity contribution in [2.24, 2.45) is 5.41 Å². The van der Waals surface area contributed by atoms with Gasteiger partial charge in [0.25, 0.3) is 11.5 Å². The SMILES string of the molecule is CC(C)(CO)CCCNC(=O)c1ccc(=O)n(-c2ccccc2)n1. The summed E-state index contributed by atoms with van der Waals surface area (Å²) in [6.07, 6.45) is 1.57. The zero-order valence-electron chi connectivity index (χ0n) is 14.0. The first kappa shape index (κ1) is 17.9. The van der Waals surface area contributed by atoms with E-state index >= 15 is 0 Å². The minimum atomic E-state index is -0.318. The van der Waals surface area contributed by atoms with Crippen LogP contribution in [0.2, 0.25) is 0 Å². The minimum Gasteiger partial charge on any atom is -0.396 e. The van der Waals surface area contributed by atoms with E-state index < -0.39 is 0 Å². The van der Waals surface area contributed by atoms with Crippen LogP contribution in [0.5, 0.6) is 0 Å². The number of benzene rings is 1. The summed E-state index contributed by atoms with van der Waals surface area (Å²) in [5, 5.41) is 16.1. The molecule has 1 heterocycles. The van der Waals surface area contributed by atoms with Gasteiger partial charge in [0.2, 0.25) is 0 Å². The highest BCUT2D eigenvalue weighted by molar-refractivity contribution is 5.92. The molecule has 0 saturated heterocycles. The van der Waals surface area contributed by atoms with E-state index in [2.05, 4.69) is 10.4 Å². The van der Waals surface area contributed by atoms with Gasteiger partial charge in [-0.05, 0) is 36.5 Å². The summed E-state index contributed by atoms with van der Waals surface area (Å²) in [6.45, 7) is 4.57. The number of carbonyl (C=O) groups excluding carboxylic acids is 1. The Morgan fingerprint density at radius 3 is 2.58 bits per heavy atom. The normalized spacial score (nSPS) is 11.3. The number of hydrogen-bond acceptors (Lipinski definition) is 4. The van der Waals surface area contributed by atoms with Gasteiger partial charge >= 0.3 is 0 Å². The van der Waals surface area contributed by atoms with E-state index in [1.807, 2.05) is 19.9 Å². The molecular weight excluding hydrogens is 306 g/mol. The fraction of sp³-hybridized carbons (Fsp3) is 0.389. The van der Waals surface area contributed by atoms with Crippen molar-refractivity contribution in [3.8, 4) is 5.69 Å². The Morgan fingerprint density at radius 2 is 1.92 bits per heavy atom. The van der Waals surface area contributed by atoms with Gasteiger partial charge in [-0.15, -0.1) is 0 Å². The van der Waals surface area contributed by atoms with Crippen LogP contribution in [0.1, 0.15) is 37.2 Å². The summed E-state index contributed by atoms with van der Waals surface area (Å²) in [5.74, 6) is -0.318. The monoisotopic (exact) mass is 329 g/mol. The quantitative estimate of drug-likeness (QED) is 0.758. The van der Waals surface area contributed by atoms with Crippen LogP contribution in [0, 0.1) is 5.41 Å². The molecule has 2 aromatic rings. The molecule has 24 heavy (non-hydrogen) atoms. The van der Waals surface area contributed by atoms with Crippen molar-refractivity contribution in [3.63, 3.8) is 0 Å². The van der Waals surface area contributed by atoms with Crippen molar-refractivity contribution in [2.75, 3.05) is 13.2 Å². The Labute approximate surface area is 141 Å². The first-order chi connectivity index (χ1) is 11.4. The molecule has 128 valence electrons. The lowest BCUT2D eigenvalue weighted by molar-refractivity contribution is 0.0941. The number of aliphatic hydroxyl groups is 1. The van der Waals surface area contributed by atoms with Gasteiger partial charge in [0.05, 0.1) is 5.69 Å². The highest BCUT2D eigenvalue weighted by Gasteiger charge is 2.16. The second kappa shape index (κ2) is 7.88. The summed E-state index contributed by atoms with van der Waals surface area (Å²) in [5.41, 5.74) is 0.368. The number of nitrogens with one attached hydrogen (secondary N) is 1. The topological polar surface area (TPSA) is 84.2 Å². The molecular formula is C18H23N3O3. The highest BCUT2D eigenvalue weighted by atomic mass is 16.3. The van der Waals surface area contributed by atoms with Crippen LogP contribution in [-0.4, -0.2) is 33.9 Å². The maximum absolute atomic E-state index is 12.2. The summed E-state index contributed by atoms with van der Waals surface area (Å²) < 4.78 is 1.21. The molecule has 0 spiro atoms. The molecule has 6 heteroatoms. The number of nitrogens with zero attached hydrogens (tertiary/aromatic N) is 2. The van der Waals surface area contributed by atoms with Crippen molar-refractivity contribution in [2.45, 2.75) is 26.7 Å². The molecule has 1 amide bonds. The van der Waals surface area contributed by atoms with Gasteiger partial charge < -0.3 is 10.4 Å². The molecule has 0 aliphatic carbocycles. The number of hydrogen-bond donors (Lipinski definition) is 2. The number of carbonyl (C=O) groups is 1. The van der Waals surface area contributed by atoms with Gasteiger partial charge in [-0.25, -0.2) is 0 Å². The maximum Gasteiger partial charge on any atom is 0.271 e. The second-order valence-corrected chi connectivity index (χ2v) is 6.49. The summed E-state index contributed by atoms with van der Waals surface area (Å²) >= 11 is 0. The van der Waals surface area contributed by atoms with Crippen LogP contribution in [0.25, 0.3) is 5.69 Å². The largest absolute Gasteiger partial charge is 0.396 e. The van der Waals surface area contributed by atoms with Crippen LogP contribution < -0.4 is 10.9 Å². The average Bonchev–Trinajstić information content (AvgIpc) is 2.59. The number of aromatic nitrogens is 2. The zero-order valence-corrected chi connectivity index (χ0v) is 14.0. The molecule has 1 aromatic heterocycles. The molecule has 1 aromatic carbocycles. The zero-order chi connectivity index (χ0) is 17.6. The fourth-order valence-corrected chi connectivity index (χ4v) is 2.22. The van der Waals surface area contributed by atoms with Crippen molar-refractivity contribution >= 4 is 5.91 Å². The lowest BCUT2D eigenvalue weighted by Gasteiger charge is -2.21. The molecule has 0 aliphatic rings. The highest BCUT2D eigenvalue weighted by Crippen LogP contribution is 2.20. The second-order valence-electron chi connectivity index (χ2n) is 6.49. The Hall–Kier alpha value is -2.47. The Morgan fingerprint density at radius 1 is 1.21 bits per heavy atom. The first-order valence-corrected chi connectivity index (χ1v) is 7.98. The third-order valence-corrected chi connectivity index (χ3v) is 3.78. The third kappa shape index (κ3) is 4.76. The number of para-hydroxylation sites is 1. The average molecular weight is 329 g/mol. The number of rotatable bonds is 7. The Bertz CT molecular complexity index is 739. The van der Waals surface area contributed by atoms with E-state index in [4.69, 9.17) is 0 Å². The minimum absolute atomic E-state index is 0.116. The molecule has 0 saturated carbocycles. The standard InChI is InChI=1S/C18H23N3O3/c1-18(2,13-22)11-6-12-19-17(24)15-9-10-16(23)21(20-15)14-7-4-3-5-8-14/h3-5,7-10,22H,6,11-13H2,1-2H3,(H,19,24). The van der Waals surface area contributed by atoms with Crippen molar-refractivity contribution in [1.82, 2.24) is 15.1 Å². The van der Waals surface area contributed by atoms with Gasteiger partial charge in [0.1, 0.15) is 5.69 Å². The summed E-state index contributed by atoms with van der Waals surface area (Å²) in [7, 11) is 0. The Balaban J connectivity index is 2.02. The predicted molar refractivity (Wildman–Crippen MR) is 92.3 cm³/mol. The lowest BCUT2D eigenvalue weighted by Crippen LogP contribution is -2.30. The van der Waals surface area contributed by atoms with Crippen LogP contribution in [0.4, 0.5) is 0 Å². The van der Waals surface area contributed by atoms with Crippen molar-refractivity contribution < 1.29 is 9.90 Å². The van der Waals surface area contributed by atoms with Crippen molar-refractivity contribution in [3.05, 3.63) is 58.5 Å². The molecule has 0 unspecified atom stereocenters. The third-order valence-electron chi connectivity index (χ3n) is 3.78. The molecule has 0 aliphatic heterocycles. The molecule has 0 atom stereocenters. The molecule has 6 nitrogen and oxygen atoms in total. The Kier molecular flexibility index (Phi) is 5.87. The van der Waals surface area contributed by atoms with E-state index in [1.165, 1.54) is 16.8 Å². The molecule has 2 N–H and O–H groups in total. The molecule has 2 rings (SSSR count). The van der Waals surface area contributed by atoms with E-state index in [-0.39, 0.29) is 29.2 Å². The van der Waals surface area contributed by atoms with Crippen LogP contribution in [0.3, 0.4) is 0 Å². The van der Waals surface area contributed by atoms with Crippen molar-refractivity contribution in [1.29, 1.82) is 0 Å². The van der Waals surface area contributed by atoms with E-state index in [0.29, 0.717) is 12.2 Å². The van der Waals surface area contributed by atoms with Gasteiger partial charge in [0, 0.05) is 19.2 Å². The number of aliphatic hydroxyl groups excluding tert-OH is 1. The van der Waals surface area contributed by atoms with E-state index in [0.717, 1.165) is 12.8 Å². The fourth-order valence-electron chi connectivity index (χ4n) is 2.22. The molecule has 0 radical (unpaired) electrons.